The van der Waals surface area contributed by atoms with Gasteiger partial charge in [0.05, 0.1) is 18.7 Å². The molecule has 0 spiro atoms. The highest BCUT2D eigenvalue weighted by atomic mass is 32.1. The zero-order chi connectivity index (χ0) is 16.4. The summed E-state index contributed by atoms with van der Waals surface area (Å²) in [6.45, 7) is 4.17. The van der Waals surface area contributed by atoms with E-state index in [1.54, 1.807) is 0 Å². The number of fused-ring (bicyclic) bond motifs is 1. The van der Waals surface area contributed by atoms with Gasteiger partial charge in [-0.2, -0.15) is 5.26 Å². The van der Waals surface area contributed by atoms with Gasteiger partial charge < -0.3 is 15.5 Å². The molecule has 23 heavy (non-hydrogen) atoms. The van der Waals surface area contributed by atoms with Gasteiger partial charge in [-0.25, -0.2) is 0 Å². The fourth-order valence-electron chi connectivity index (χ4n) is 3.26. The van der Waals surface area contributed by atoms with E-state index >= 15 is 0 Å². The minimum absolute atomic E-state index is 0.0164. The summed E-state index contributed by atoms with van der Waals surface area (Å²) in [5.74, 6) is 0.489. The van der Waals surface area contributed by atoms with Gasteiger partial charge in [0.2, 0.25) is 0 Å². The van der Waals surface area contributed by atoms with Crippen molar-refractivity contribution < 1.29 is 14.5 Å². The van der Waals surface area contributed by atoms with Gasteiger partial charge in [-0.3, -0.25) is 9.59 Å². The molecule has 0 radical (unpaired) electrons. The highest BCUT2D eigenvalue weighted by Gasteiger charge is 2.26. The molecule has 1 aliphatic heterocycles. The summed E-state index contributed by atoms with van der Waals surface area (Å²) in [5.41, 5.74) is 1.76. The van der Waals surface area contributed by atoms with Crippen molar-refractivity contribution in [3.63, 3.8) is 0 Å². The Balaban J connectivity index is 1.69. The molecule has 0 aromatic carbocycles. The summed E-state index contributed by atoms with van der Waals surface area (Å²) < 4.78 is 0. The number of rotatable bonds is 3. The van der Waals surface area contributed by atoms with Gasteiger partial charge in [-0.1, -0.05) is 6.92 Å². The summed E-state index contributed by atoms with van der Waals surface area (Å²) >= 11 is 1.54. The zero-order valence-electron chi connectivity index (χ0n) is 13.2. The molecule has 122 valence electrons. The second-order valence-corrected chi connectivity index (χ2v) is 7.52. The third kappa shape index (κ3) is 3.54. The molecule has 2 amide bonds. The molecule has 6 nitrogen and oxygen atoms in total. The van der Waals surface area contributed by atoms with E-state index in [4.69, 9.17) is 0 Å². The third-order valence-electron chi connectivity index (χ3n) is 4.50. The standard InChI is InChI=1S/C16H20N4O2S/c1-10-2-3-11-12(7-17)16(23-13(11)6-10)19-15(22)9-20-5-4-18-14(21)8-20/h10H,2-6,8-9H2,1H3,(H,18,21)(H,19,22)/p+1/t10-/m1/s1. The van der Waals surface area contributed by atoms with Crippen molar-refractivity contribution in [2.75, 3.05) is 31.5 Å². The Morgan fingerprint density at radius 1 is 1.57 bits per heavy atom. The van der Waals surface area contributed by atoms with Crippen molar-refractivity contribution in [1.82, 2.24) is 5.32 Å². The number of amides is 2. The van der Waals surface area contributed by atoms with Crippen molar-refractivity contribution in [2.24, 2.45) is 5.92 Å². The number of piperazine rings is 1. The summed E-state index contributed by atoms with van der Waals surface area (Å²) in [4.78, 5) is 25.8. The number of carbonyl (C=O) groups excluding carboxylic acids is 2. The quantitative estimate of drug-likeness (QED) is 0.710. The van der Waals surface area contributed by atoms with Crippen LogP contribution in [0.1, 0.15) is 29.3 Å². The summed E-state index contributed by atoms with van der Waals surface area (Å²) in [7, 11) is 0. The number of nitriles is 1. The number of nitrogens with one attached hydrogen (secondary N) is 3. The van der Waals surface area contributed by atoms with Crippen LogP contribution < -0.4 is 15.5 Å². The van der Waals surface area contributed by atoms with Crippen molar-refractivity contribution in [3.05, 3.63) is 16.0 Å². The topological polar surface area (TPSA) is 86.4 Å². The molecule has 1 aromatic rings. The van der Waals surface area contributed by atoms with E-state index in [1.807, 2.05) is 0 Å². The number of hydrogen-bond donors (Lipinski definition) is 3. The van der Waals surface area contributed by atoms with Crippen LogP contribution in [0.2, 0.25) is 0 Å². The van der Waals surface area contributed by atoms with E-state index in [2.05, 4.69) is 23.6 Å². The fraction of sp³-hybridized carbons (Fsp3) is 0.562. The van der Waals surface area contributed by atoms with Crippen molar-refractivity contribution in [3.8, 4) is 6.07 Å². The lowest BCUT2D eigenvalue weighted by atomic mass is 9.89. The maximum Gasteiger partial charge on any atom is 0.280 e. The van der Waals surface area contributed by atoms with Gasteiger partial charge >= 0.3 is 0 Å². The predicted octanol–water partition coefficient (Wildman–Crippen LogP) is -0.302. The molecule has 2 heterocycles. The van der Waals surface area contributed by atoms with Crippen molar-refractivity contribution >= 4 is 28.2 Å². The molecule has 3 rings (SSSR count). The maximum absolute atomic E-state index is 12.3. The van der Waals surface area contributed by atoms with Crippen LogP contribution in [0.25, 0.3) is 0 Å². The molecule has 0 bridgehead atoms. The number of carbonyl (C=O) groups is 2. The van der Waals surface area contributed by atoms with Crippen molar-refractivity contribution in [2.45, 2.75) is 26.2 Å². The Bertz CT molecular complexity index is 676. The minimum atomic E-state index is -0.127. The van der Waals surface area contributed by atoms with Gasteiger partial charge in [-0.05, 0) is 30.7 Å². The van der Waals surface area contributed by atoms with Crippen LogP contribution in [-0.2, 0) is 22.4 Å². The molecule has 0 saturated carbocycles. The Hall–Kier alpha value is -1.91. The second kappa shape index (κ2) is 6.69. The first-order chi connectivity index (χ1) is 11.1. The molecular formula is C16H21N4O2S+. The van der Waals surface area contributed by atoms with Gasteiger partial charge in [0.25, 0.3) is 11.8 Å². The fourth-order valence-corrected chi connectivity index (χ4v) is 4.64. The average Bonchev–Trinajstić information content (AvgIpc) is 2.82. The van der Waals surface area contributed by atoms with E-state index in [0.717, 1.165) is 36.3 Å². The maximum atomic E-state index is 12.3. The number of hydrogen-bond acceptors (Lipinski definition) is 4. The number of quaternary nitrogens is 1. The lowest BCUT2D eigenvalue weighted by Crippen LogP contribution is -3.16. The Morgan fingerprint density at radius 3 is 3.13 bits per heavy atom. The highest BCUT2D eigenvalue weighted by Crippen LogP contribution is 2.39. The molecule has 1 unspecified atom stereocenters. The van der Waals surface area contributed by atoms with Crippen LogP contribution in [0.15, 0.2) is 0 Å². The summed E-state index contributed by atoms with van der Waals surface area (Å²) in [6, 6.07) is 2.26. The van der Waals surface area contributed by atoms with Gasteiger partial charge in [0.15, 0.2) is 13.1 Å². The SMILES string of the molecule is C[C@@H]1CCc2c(sc(NC(=O)C[NH+]3CCNC(=O)C3)c2C#N)C1. The first-order valence-corrected chi connectivity index (χ1v) is 8.83. The Kier molecular flexibility index (Phi) is 4.64. The molecule has 2 atom stereocenters. The molecular weight excluding hydrogens is 312 g/mol. The summed E-state index contributed by atoms with van der Waals surface area (Å²) in [5, 5.41) is 15.8. The first kappa shape index (κ1) is 16.0. The Labute approximate surface area is 139 Å². The molecule has 1 aromatic heterocycles. The molecule has 2 aliphatic rings. The van der Waals surface area contributed by atoms with E-state index in [0.29, 0.717) is 29.6 Å². The molecule has 3 N–H and O–H groups in total. The van der Waals surface area contributed by atoms with E-state index in [1.165, 1.54) is 16.2 Å². The molecule has 1 saturated heterocycles. The average molecular weight is 333 g/mol. The lowest BCUT2D eigenvalue weighted by molar-refractivity contribution is -0.885. The monoisotopic (exact) mass is 333 g/mol. The van der Waals surface area contributed by atoms with Gasteiger partial charge in [0, 0.05) is 4.88 Å². The van der Waals surface area contributed by atoms with Crippen LogP contribution in [0, 0.1) is 17.2 Å². The van der Waals surface area contributed by atoms with E-state index in [9.17, 15) is 14.9 Å². The van der Waals surface area contributed by atoms with Crippen LogP contribution in [0.5, 0.6) is 0 Å². The number of thiophene rings is 1. The number of nitrogens with zero attached hydrogens (tertiary/aromatic N) is 1. The highest BCUT2D eigenvalue weighted by molar-refractivity contribution is 7.16. The van der Waals surface area contributed by atoms with E-state index in [-0.39, 0.29) is 18.4 Å². The normalized spacial score (nSPS) is 23.6. The minimum Gasteiger partial charge on any atom is -0.346 e. The van der Waals surface area contributed by atoms with Crippen LogP contribution in [0.4, 0.5) is 5.00 Å². The van der Waals surface area contributed by atoms with Gasteiger partial charge in [-0.15, -0.1) is 11.3 Å². The van der Waals surface area contributed by atoms with Crippen molar-refractivity contribution in [1.29, 1.82) is 5.26 Å². The predicted molar refractivity (Wildman–Crippen MR) is 87.4 cm³/mol. The zero-order valence-corrected chi connectivity index (χ0v) is 14.0. The van der Waals surface area contributed by atoms with Crippen LogP contribution in [0.3, 0.4) is 0 Å². The molecule has 1 aliphatic carbocycles. The van der Waals surface area contributed by atoms with Gasteiger partial charge in [0.1, 0.15) is 11.1 Å². The third-order valence-corrected chi connectivity index (χ3v) is 5.67. The largest absolute Gasteiger partial charge is 0.346 e. The van der Waals surface area contributed by atoms with Crippen LogP contribution >= 0.6 is 11.3 Å². The molecule has 7 heteroatoms. The smallest absolute Gasteiger partial charge is 0.280 e. The molecule has 1 fully saturated rings. The van der Waals surface area contributed by atoms with E-state index < -0.39 is 0 Å². The second-order valence-electron chi connectivity index (χ2n) is 6.42. The lowest BCUT2D eigenvalue weighted by Gasteiger charge is -2.22. The first-order valence-electron chi connectivity index (χ1n) is 8.01. The Morgan fingerprint density at radius 2 is 2.39 bits per heavy atom. The van der Waals surface area contributed by atoms with Crippen LogP contribution in [-0.4, -0.2) is 38.0 Å². The number of anilines is 1. The summed E-state index contributed by atoms with van der Waals surface area (Å²) in [6.07, 6.45) is 3.00.